The van der Waals surface area contributed by atoms with Crippen LogP contribution in [0.25, 0.3) is 0 Å². The van der Waals surface area contributed by atoms with Crippen molar-refractivity contribution in [2.75, 3.05) is 17.6 Å². The van der Waals surface area contributed by atoms with Crippen LogP contribution in [0.3, 0.4) is 0 Å². The molecule has 0 bridgehead atoms. The van der Waals surface area contributed by atoms with Crippen molar-refractivity contribution in [3.05, 3.63) is 12.7 Å². The molecule has 2 rings (SSSR count). The lowest BCUT2D eigenvalue weighted by molar-refractivity contribution is 0.326. The van der Waals surface area contributed by atoms with E-state index in [9.17, 15) is 4.39 Å². The SMILES string of the molecule is C=CCSc1nnc(NCC2(F)CC2)s1. The molecule has 0 amide bonds. The zero-order chi connectivity index (χ0) is 10.7. The number of aromatic nitrogens is 2. The van der Waals surface area contributed by atoms with E-state index < -0.39 is 5.67 Å². The lowest BCUT2D eigenvalue weighted by atomic mass is 10.4. The van der Waals surface area contributed by atoms with Gasteiger partial charge in [0.15, 0.2) is 4.34 Å². The van der Waals surface area contributed by atoms with Crippen molar-refractivity contribution in [3.8, 4) is 0 Å². The van der Waals surface area contributed by atoms with Gasteiger partial charge in [-0.1, -0.05) is 29.2 Å². The highest BCUT2D eigenvalue weighted by Crippen LogP contribution is 2.39. The smallest absolute Gasteiger partial charge is 0.206 e. The summed E-state index contributed by atoms with van der Waals surface area (Å²) in [5.41, 5.74) is -0.986. The van der Waals surface area contributed by atoms with Crippen LogP contribution in [0.15, 0.2) is 17.0 Å². The van der Waals surface area contributed by atoms with Crippen LogP contribution in [0.1, 0.15) is 12.8 Å². The van der Waals surface area contributed by atoms with E-state index in [-0.39, 0.29) is 0 Å². The fraction of sp³-hybridized carbons (Fsp3) is 0.556. The molecular formula is C9H12FN3S2. The summed E-state index contributed by atoms with van der Waals surface area (Å²) in [5.74, 6) is 0.821. The summed E-state index contributed by atoms with van der Waals surface area (Å²) in [6.45, 7) is 3.98. The number of rotatable bonds is 6. The standard InChI is InChI=1S/C9H12FN3S2/c1-2-5-14-8-13-12-7(15-8)11-6-9(10)3-4-9/h2H,1,3-6H2,(H,11,12). The Kier molecular flexibility index (Phi) is 3.25. The quantitative estimate of drug-likeness (QED) is 0.617. The Morgan fingerprint density at radius 1 is 1.60 bits per heavy atom. The fourth-order valence-corrected chi connectivity index (χ4v) is 2.52. The monoisotopic (exact) mass is 245 g/mol. The largest absolute Gasteiger partial charge is 0.357 e. The highest BCUT2D eigenvalue weighted by molar-refractivity contribution is 8.01. The van der Waals surface area contributed by atoms with Gasteiger partial charge < -0.3 is 5.32 Å². The molecule has 1 heterocycles. The Balaban J connectivity index is 1.81. The van der Waals surface area contributed by atoms with Gasteiger partial charge in [-0.2, -0.15) is 0 Å². The first-order chi connectivity index (χ1) is 7.22. The molecule has 0 spiro atoms. The second kappa shape index (κ2) is 4.49. The predicted octanol–water partition coefficient (Wildman–Crippen LogP) is 2.73. The molecule has 1 aliphatic rings. The predicted molar refractivity (Wildman–Crippen MR) is 62.4 cm³/mol. The Labute approximate surface area is 96.2 Å². The summed E-state index contributed by atoms with van der Waals surface area (Å²) in [6.07, 6.45) is 3.15. The molecule has 3 nitrogen and oxygen atoms in total. The van der Waals surface area contributed by atoms with Gasteiger partial charge >= 0.3 is 0 Å². The van der Waals surface area contributed by atoms with Gasteiger partial charge in [0, 0.05) is 5.75 Å². The van der Waals surface area contributed by atoms with E-state index in [1.54, 1.807) is 11.8 Å². The molecule has 0 atom stereocenters. The maximum Gasteiger partial charge on any atom is 0.206 e. The van der Waals surface area contributed by atoms with Crippen LogP contribution in [0, 0.1) is 0 Å². The first-order valence-corrected chi connectivity index (χ1v) is 6.52. The molecule has 1 saturated carbocycles. The zero-order valence-corrected chi connectivity index (χ0v) is 9.83. The van der Waals surface area contributed by atoms with Gasteiger partial charge in [-0.15, -0.1) is 16.8 Å². The Hall–Kier alpha value is -0.620. The second-order valence-corrected chi connectivity index (χ2v) is 5.72. The van der Waals surface area contributed by atoms with Gasteiger partial charge in [0.1, 0.15) is 5.67 Å². The van der Waals surface area contributed by atoms with Gasteiger partial charge in [0.05, 0.1) is 6.54 Å². The number of thioether (sulfide) groups is 1. The number of hydrogen-bond acceptors (Lipinski definition) is 5. The summed E-state index contributed by atoms with van der Waals surface area (Å²) in [6, 6.07) is 0. The number of nitrogens with zero attached hydrogens (tertiary/aromatic N) is 2. The van der Waals surface area contributed by atoms with E-state index in [2.05, 4.69) is 22.1 Å². The first kappa shape index (κ1) is 10.9. The summed E-state index contributed by atoms with van der Waals surface area (Å²) < 4.78 is 14.2. The molecule has 0 saturated heterocycles. The highest BCUT2D eigenvalue weighted by atomic mass is 32.2. The Morgan fingerprint density at radius 2 is 2.40 bits per heavy atom. The molecule has 1 aromatic heterocycles. The fourth-order valence-electron chi connectivity index (χ4n) is 1.02. The van der Waals surface area contributed by atoms with Crippen molar-refractivity contribution in [3.63, 3.8) is 0 Å². The molecule has 1 N–H and O–H groups in total. The average molecular weight is 245 g/mol. The van der Waals surface area contributed by atoms with Crippen molar-refractivity contribution in [2.45, 2.75) is 22.9 Å². The molecule has 0 radical (unpaired) electrons. The summed E-state index contributed by atoms with van der Waals surface area (Å²) in [4.78, 5) is 0. The Morgan fingerprint density at radius 3 is 3.07 bits per heavy atom. The summed E-state index contributed by atoms with van der Waals surface area (Å²) >= 11 is 3.04. The number of hydrogen-bond donors (Lipinski definition) is 1. The van der Waals surface area contributed by atoms with Crippen LogP contribution in [-0.4, -0.2) is 28.2 Å². The third-order valence-electron chi connectivity index (χ3n) is 2.08. The highest BCUT2D eigenvalue weighted by Gasteiger charge is 2.43. The van der Waals surface area contributed by atoms with E-state index in [0.29, 0.717) is 24.5 Å². The molecule has 0 aromatic carbocycles. The second-order valence-electron chi connectivity index (χ2n) is 3.48. The number of halogens is 1. The van der Waals surface area contributed by atoms with Gasteiger partial charge in [-0.05, 0) is 12.8 Å². The molecule has 15 heavy (non-hydrogen) atoms. The van der Waals surface area contributed by atoms with Gasteiger partial charge in [0.2, 0.25) is 5.13 Å². The lowest BCUT2D eigenvalue weighted by Crippen LogP contribution is -2.15. The maximum atomic E-state index is 13.3. The van der Waals surface area contributed by atoms with E-state index >= 15 is 0 Å². The molecule has 82 valence electrons. The number of nitrogens with one attached hydrogen (secondary N) is 1. The molecule has 0 unspecified atom stereocenters. The van der Waals surface area contributed by atoms with Crippen molar-refractivity contribution in [2.24, 2.45) is 0 Å². The summed E-state index contributed by atoms with van der Waals surface area (Å²) in [5, 5.41) is 11.6. The van der Waals surface area contributed by atoms with Crippen molar-refractivity contribution in [1.82, 2.24) is 10.2 Å². The Bertz CT molecular complexity index is 349. The normalized spacial score (nSPS) is 17.4. The van der Waals surface area contributed by atoms with Crippen LogP contribution < -0.4 is 5.32 Å². The third-order valence-corrected chi connectivity index (χ3v) is 4.09. The molecule has 0 aliphatic heterocycles. The minimum absolute atomic E-state index is 0.355. The third kappa shape index (κ3) is 3.17. The van der Waals surface area contributed by atoms with E-state index in [1.807, 2.05) is 6.08 Å². The van der Waals surface area contributed by atoms with E-state index in [4.69, 9.17) is 0 Å². The minimum Gasteiger partial charge on any atom is -0.357 e. The van der Waals surface area contributed by atoms with Crippen LogP contribution in [0.5, 0.6) is 0 Å². The van der Waals surface area contributed by atoms with Crippen LogP contribution in [0.4, 0.5) is 9.52 Å². The molecule has 1 aliphatic carbocycles. The van der Waals surface area contributed by atoms with Crippen molar-refractivity contribution in [1.29, 1.82) is 0 Å². The topological polar surface area (TPSA) is 37.8 Å². The van der Waals surface area contributed by atoms with Gasteiger partial charge in [-0.25, -0.2) is 4.39 Å². The molecular weight excluding hydrogens is 233 g/mol. The molecule has 1 fully saturated rings. The van der Waals surface area contributed by atoms with Crippen molar-refractivity contribution < 1.29 is 4.39 Å². The van der Waals surface area contributed by atoms with Crippen LogP contribution in [0.2, 0.25) is 0 Å². The molecule has 6 heteroatoms. The van der Waals surface area contributed by atoms with E-state index in [1.165, 1.54) is 11.3 Å². The first-order valence-electron chi connectivity index (χ1n) is 4.72. The number of anilines is 1. The van der Waals surface area contributed by atoms with Crippen molar-refractivity contribution >= 4 is 28.2 Å². The minimum atomic E-state index is -0.986. The van der Waals surface area contributed by atoms with Gasteiger partial charge in [-0.3, -0.25) is 0 Å². The number of alkyl halides is 1. The van der Waals surface area contributed by atoms with Crippen LogP contribution in [-0.2, 0) is 0 Å². The maximum absolute atomic E-state index is 13.3. The molecule has 1 aromatic rings. The van der Waals surface area contributed by atoms with E-state index in [0.717, 1.165) is 10.1 Å². The summed E-state index contributed by atoms with van der Waals surface area (Å²) in [7, 11) is 0. The lowest BCUT2D eigenvalue weighted by Gasteiger charge is -2.03. The van der Waals surface area contributed by atoms with Gasteiger partial charge in [0.25, 0.3) is 0 Å². The average Bonchev–Trinajstić information content (AvgIpc) is 2.81. The van der Waals surface area contributed by atoms with Crippen LogP contribution >= 0.6 is 23.1 Å². The zero-order valence-electron chi connectivity index (χ0n) is 8.20.